The van der Waals surface area contributed by atoms with Gasteiger partial charge in [-0.1, -0.05) is 154 Å². The Morgan fingerprint density at radius 1 is 0.523 bits per heavy atom. The third-order valence-corrected chi connectivity index (χ3v) is 35.4. The standard InChI is InChI=1S/2C23H32F3N5O4.C16H23F3N2O4.C9H21O6P3.C7H13N3O2.C5H10O2.C5H12O.C4H6N2.4CH4.ClH/c2*1-21(2,3)16(30-20(35)23(24,25)26)19(34)31-10-13-14(22(13,4)5)15(31)18(33)29-12(9-27)8-11-6-7-28-17(11)32;1-14(2,3)10(20-13(25)16(17,18)19)11(22)21-6-7-8(15(7,4)5)9(21)12(23)24;1-4-7-16(10)13-17(11,8-5-2)15-18(12,14-16)9-6-3;8-5(6(9)11)3-4-1-2-10-7(4)12;1-4(2)7-5(3)6;1-5(2,3)6-4;1-6-3-2-5-4-6;;;;;/h2*11-16H,6-8,10H2,1-5H3,(H,28,32)(H,29,33)(H,30,35);7-10H,6H2,1-5H3,(H,20,25)(H,23,24);4-9H2,1-3H3;4-5H,1-3,8H2,(H2,9,11)(H,10,12);4H,1-3H3;1-4H3;2-4H,1H3;4*1H4;1H/t2*11-,12-,13-,14-,15-,16+;7-,8-,9-,10+;;4-,5-;;;;;;;;/m000.0......../s1. The Labute approximate surface area is 877 Å². The van der Waals surface area contributed by atoms with Gasteiger partial charge in [0.1, 0.15) is 48.3 Å². The van der Waals surface area contributed by atoms with E-state index < -0.39 is 183 Å². The number of methoxy groups -OCH3 is 1. The number of aromatic nitrogens is 2. The molecular formula is C96H166ClF9N17O23P3. The van der Waals surface area contributed by atoms with Crippen molar-refractivity contribution in [2.75, 3.05) is 64.9 Å². The second-order valence-corrected chi connectivity index (χ2v) is 50.7. The van der Waals surface area contributed by atoms with Crippen molar-refractivity contribution < 1.29 is 148 Å². The van der Waals surface area contributed by atoms with E-state index in [4.69, 9.17) is 29.1 Å². The molecule has 10 fully saturated rings. The number of imidazole rings is 1. The minimum atomic E-state index is -5.16. The van der Waals surface area contributed by atoms with Crippen LogP contribution < -0.4 is 54.0 Å². The largest absolute Gasteiger partial charge is 0.480 e. The highest BCUT2D eigenvalue weighted by atomic mass is 35.5. The highest BCUT2D eigenvalue weighted by Crippen LogP contribution is 2.82. The zero-order valence-electron chi connectivity index (χ0n) is 87.3. The summed E-state index contributed by atoms with van der Waals surface area (Å²) in [6.45, 7) is 44.0. The molecule has 0 bridgehead atoms. The van der Waals surface area contributed by atoms with Crippen LogP contribution in [0.1, 0.15) is 254 Å². The fourth-order valence-corrected chi connectivity index (χ4v) is 27.6. The molecule has 53 heteroatoms. The fourth-order valence-electron chi connectivity index (χ4n) is 18.2. The number of hydrogen-bond donors (Lipinski definition) is 11. The van der Waals surface area contributed by atoms with Crippen LogP contribution in [0.3, 0.4) is 0 Å². The molecule has 0 radical (unpaired) electrons. The van der Waals surface area contributed by atoms with Crippen LogP contribution in [0.4, 0.5) is 39.5 Å². The molecule has 3 aliphatic carbocycles. The molecule has 3 saturated carbocycles. The van der Waals surface area contributed by atoms with Crippen molar-refractivity contribution in [1.82, 2.24) is 66.8 Å². The second kappa shape index (κ2) is 56.2. The first kappa shape index (κ1) is 142. The number of rotatable bonds is 25. The highest BCUT2D eigenvalue weighted by molar-refractivity contribution is 7.80. The van der Waals surface area contributed by atoms with Crippen LogP contribution in [-0.4, -0.2) is 262 Å². The summed E-state index contributed by atoms with van der Waals surface area (Å²) in [5.74, 6) is -14.2. The predicted molar refractivity (Wildman–Crippen MR) is 541 cm³/mol. The lowest BCUT2D eigenvalue weighted by atomic mass is 9.85. The molecule has 11 rings (SSSR count). The van der Waals surface area contributed by atoms with Crippen molar-refractivity contribution >= 4 is 118 Å². The van der Waals surface area contributed by atoms with Gasteiger partial charge in [-0.05, 0) is 154 Å². The van der Waals surface area contributed by atoms with Gasteiger partial charge in [0.2, 0.25) is 53.2 Å². The number of likely N-dealkylation sites (tertiary alicyclic amines) is 3. The normalized spacial score (nSPS) is 26.7. The van der Waals surface area contributed by atoms with E-state index in [0.29, 0.717) is 58.2 Å². The number of fused-ring (bicyclic) bond motifs is 3. The molecule has 8 heterocycles. The summed E-state index contributed by atoms with van der Waals surface area (Å²) in [5, 5.41) is 47.3. The number of carboxylic acid groups (broad SMARTS) is 1. The van der Waals surface area contributed by atoms with Gasteiger partial charge in [0.15, 0.2) is 0 Å². The van der Waals surface area contributed by atoms with Crippen LogP contribution in [0.2, 0.25) is 0 Å². The molecule has 7 saturated heterocycles. The van der Waals surface area contributed by atoms with Crippen LogP contribution in [-0.2, 0) is 110 Å². The number of nitriles is 2. The number of nitrogens with one attached hydrogen (secondary N) is 8. The molecule has 1 aromatic rings. The van der Waals surface area contributed by atoms with Gasteiger partial charge in [-0.15, -0.1) is 12.4 Å². The maximum atomic E-state index is 13.5. The quantitative estimate of drug-likeness (QED) is 0.0246. The molecule has 0 spiro atoms. The van der Waals surface area contributed by atoms with Gasteiger partial charge in [-0.3, -0.25) is 76.0 Å². The number of aryl methyl sites for hydroxylation is 1. The predicted octanol–water partition coefficient (Wildman–Crippen LogP) is 12.8. The Balaban J connectivity index is 0. The third kappa shape index (κ3) is 40.1. The number of primary amides is 1. The van der Waals surface area contributed by atoms with E-state index in [1.165, 1.54) is 79.0 Å². The van der Waals surface area contributed by atoms with Crippen LogP contribution in [0.5, 0.6) is 0 Å². The van der Waals surface area contributed by atoms with Crippen LogP contribution in [0.25, 0.3) is 0 Å². The number of carbonyl (C=O) groups excluding carboxylic acids is 13. The van der Waals surface area contributed by atoms with Gasteiger partial charge in [-0.2, -0.15) is 50.0 Å². The zero-order valence-corrected chi connectivity index (χ0v) is 90.8. The SMILES string of the molecule is C.C.C.C.CC(=O)OC(C)C.CC(C)(C)[C@H](NC(=O)C(F)(F)F)C(=O)N1C[C@H]2[C@@H]([C@H]1C(=O)N[C@H](C#N)C[C@@H]1CCNC1=O)C2(C)C.CC(C)(C)[C@H](NC(=O)C(F)(F)F)C(=O)N1C[C@H]2[C@@H]([C@H]1C(=O)N[C@H](C#N)C[C@@H]1CCNC1=O)C2(C)C.CC(C)(C)[C@H](NC(=O)C(F)(F)F)C(=O)N1C[C@H]2[C@@H]([C@H]1C(=O)O)C2(C)C.CCCP1(=O)OP(=O)(CCC)OP(=O)(CCC)O1.COC(C)(C)C.Cl.Cn1ccnc1.NC(=O)[C@@H](N)C[C@@H]1CCNC1=O. The van der Waals surface area contributed by atoms with Crippen LogP contribution >= 0.6 is 35.2 Å². The number of esters is 1. The molecule has 13 N–H and O–H groups in total. The lowest BCUT2D eigenvalue weighted by Gasteiger charge is -2.37. The number of carboxylic acids is 1. The van der Waals surface area contributed by atoms with Crippen molar-refractivity contribution in [2.24, 2.45) is 104 Å². The second-order valence-electron chi connectivity index (χ2n) is 43.7. The van der Waals surface area contributed by atoms with Gasteiger partial charge >= 0.3 is 71.0 Å². The van der Waals surface area contributed by atoms with E-state index in [9.17, 15) is 136 Å². The third-order valence-electron chi connectivity index (χ3n) is 26.5. The first-order chi connectivity index (χ1) is 65.6. The maximum absolute atomic E-state index is 13.5. The Bertz CT molecular complexity index is 4730. The maximum Gasteiger partial charge on any atom is 0.471 e. The lowest BCUT2D eigenvalue weighted by molar-refractivity contribution is -0.176. The van der Waals surface area contributed by atoms with E-state index >= 15 is 0 Å². The number of carbonyl (C=O) groups is 14. The van der Waals surface area contributed by atoms with Crippen molar-refractivity contribution in [1.29, 1.82) is 10.5 Å². The monoisotopic (exact) mass is 2220 g/mol. The van der Waals surface area contributed by atoms with Gasteiger partial charge in [0.25, 0.3) is 0 Å². The molecule has 1 aromatic heterocycles. The average Bonchev–Trinajstić information content (AvgIpc) is 1.53. The summed E-state index contributed by atoms with van der Waals surface area (Å²) in [7, 11) is -7.06. The summed E-state index contributed by atoms with van der Waals surface area (Å²) in [6, 6.07) is -6.21. The number of hydrogen-bond acceptors (Lipinski definition) is 26. The number of nitrogens with zero attached hydrogens (tertiary/aromatic N) is 7. The number of halogens is 10. The number of aliphatic carboxylic acids is 1. The van der Waals surface area contributed by atoms with Crippen molar-refractivity contribution in [2.45, 2.75) is 338 Å². The molecular weight excluding hydrogens is 2060 g/mol. The van der Waals surface area contributed by atoms with E-state index in [-0.39, 0.29) is 186 Å². The number of ether oxygens (including phenoxy) is 2. The highest BCUT2D eigenvalue weighted by Gasteiger charge is 2.73. The number of nitrogens with two attached hydrogens (primary N) is 2. The van der Waals surface area contributed by atoms with Gasteiger partial charge in [-0.25, -0.2) is 22.7 Å². The molecule has 10 aliphatic rings. The van der Waals surface area contributed by atoms with Gasteiger partial charge in [0.05, 0.1) is 54.7 Å². The number of amides is 12. The minimum absolute atomic E-state index is 0. The molecule has 0 unspecified atom stereocenters. The van der Waals surface area contributed by atoms with Gasteiger partial charge in [0, 0.05) is 96.4 Å². The van der Waals surface area contributed by atoms with Crippen molar-refractivity contribution in [3.05, 3.63) is 18.7 Å². The topological polar surface area (TPSA) is 580 Å². The Morgan fingerprint density at radius 3 is 0.973 bits per heavy atom. The van der Waals surface area contributed by atoms with Crippen molar-refractivity contribution in [3.63, 3.8) is 0 Å². The number of alkyl halides is 9. The van der Waals surface area contributed by atoms with Gasteiger partial charge < -0.3 is 87.8 Å². The van der Waals surface area contributed by atoms with E-state index in [1.54, 1.807) is 56.4 Å². The summed E-state index contributed by atoms with van der Waals surface area (Å²) < 4.78 is 179. The molecule has 12 amide bonds. The first-order valence-electron chi connectivity index (χ1n) is 47.7. The average molecular weight is 2230 g/mol. The molecule has 18 atom stereocenters. The zero-order chi connectivity index (χ0) is 111. The minimum Gasteiger partial charge on any atom is -0.480 e. The summed E-state index contributed by atoms with van der Waals surface area (Å²) in [6.07, 6.45) is -5.64. The van der Waals surface area contributed by atoms with Crippen LogP contribution in [0, 0.1) is 108 Å². The summed E-state index contributed by atoms with van der Waals surface area (Å²) in [4.78, 5) is 175. The lowest BCUT2D eigenvalue weighted by Crippen LogP contribution is -2.61. The molecule has 149 heavy (non-hydrogen) atoms. The number of piperidine rings is 3. The summed E-state index contributed by atoms with van der Waals surface area (Å²) >= 11 is 0. The Hall–Kier alpha value is -9.08. The Morgan fingerprint density at radius 2 is 0.792 bits per heavy atom. The first-order valence-corrected chi connectivity index (χ1v) is 52.9. The molecule has 858 valence electrons. The fraction of sp³-hybridized carbons (Fsp3) is 0.802. The summed E-state index contributed by atoms with van der Waals surface area (Å²) in [5.41, 5.74) is 6.53. The van der Waals surface area contributed by atoms with E-state index in [0.717, 1.165) is 11.3 Å². The smallest absolute Gasteiger partial charge is 0.471 e. The Kier molecular flexibility index (Phi) is 53.5. The van der Waals surface area contributed by atoms with E-state index in [2.05, 4.69) is 36.3 Å². The molecule has 40 nitrogen and oxygen atoms in total. The van der Waals surface area contributed by atoms with Crippen molar-refractivity contribution in [3.8, 4) is 12.1 Å². The van der Waals surface area contributed by atoms with E-state index in [1.807, 2.05) is 106 Å². The molecule has 0 aromatic carbocycles. The molecule has 7 aliphatic heterocycles. The van der Waals surface area contributed by atoms with Crippen LogP contribution in [0.15, 0.2) is 18.7 Å².